The molecule has 0 bridgehead atoms. The minimum absolute atomic E-state index is 0. The zero-order chi connectivity index (χ0) is 97.2. The van der Waals surface area contributed by atoms with Crippen molar-refractivity contribution < 1.29 is 38.1 Å². The summed E-state index contributed by atoms with van der Waals surface area (Å²) in [6.07, 6.45) is 5.54. The second-order valence-electron chi connectivity index (χ2n) is 35.6. The Hall–Kier alpha value is -12.7. The minimum Gasteiger partial charge on any atom is -0.426 e. The summed E-state index contributed by atoms with van der Waals surface area (Å²) in [6.45, 7) is 36.2. The number of esters is 4. The number of nitrogens with zero attached hydrogens (tertiary/aromatic N) is 7. The van der Waals surface area contributed by atoms with Crippen LogP contribution in [0.15, 0.2) is 291 Å². The van der Waals surface area contributed by atoms with Gasteiger partial charge in [0, 0.05) is 22.6 Å². The van der Waals surface area contributed by atoms with Gasteiger partial charge >= 0.3 is 23.9 Å². The molecule has 4 atom stereocenters. The zero-order valence-corrected chi connectivity index (χ0v) is 85.6. The summed E-state index contributed by atoms with van der Waals surface area (Å²) in [6, 6.07) is 98.8. The van der Waals surface area contributed by atoms with Crippen LogP contribution in [-0.2, 0) is 19.2 Å². The first-order valence-corrected chi connectivity index (χ1v) is 51.3. The van der Waals surface area contributed by atoms with Crippen LogP contribution in [0.1, 0.15) is 290 Å². The molecular weight excluding hydrogens is 1970 g/mol. The molecule has 0 radical (unpaired) electrons. The molecule has 150 heavy (non-hydrogen) atoms. The van der Waals surface area contributed by atoms with Crippen LogP contribution in [0.2, 0.25) is 0 Å². The van der Waals surface area contributed by atoms with Crippen LogP contribution in [0, 0.1) is 45.3 Å². The maximum absolute atomic E-state index is 12.4. The quantitative estimate of drug-likeness (QED) is 0.0431. The van der Waals surface area contributed by atoms with E-state index < -0.39 is 16.2 Å². The van der Waals surface area contributed by atoms with Crippen molar-refractivity contribution >= 4 is 153 Å². The van der Waals surface area contributed by atoms with Crippen LogP contribution in [0.4, 0.5) is 0 Å². The van der Waals surface area contributed by atoms with Gasteiger partial charge < -0.3 is 18.9 Å². The van der Waals surface area contributed by atoms with Crippen LogP contribution in [0.3, 0.4) is 0 Å². The predicted molar refractivity (Wildman–Crippen MR) is 666 cm³/mol. The lowest BCUT2D eigenvalue weighted by molar-refractivity contribution is -0.144. The normalized spacial score (nSPS) is 11.0. The lowest BCUT2D eigenvalue weighted by Crippen LogP contribution is -2.28. The smallest absolute Gasteiger partial charge is 0.316 e. The molecule has 0 aliphatic carbocycles. The number of benzene rings is 12. The molecule has 6 heterocycles. The van der Waals surface area contributed by atoms with Crippen molar-refractivity contribution in [3.8, 4) is 92.5 Å². The van der Waals surface area contributed by atoms with Crippen LogP contribution in [0.5, 0.6) is 23.0 Å². The average molecular weight is 2140 g/mol. The van der Waals surface area contributed by atoms with E-state index in [4.69, 9.17) is 34.2 Å². The molecule has 21 heteroatoms. The van der Waals surface area contributed by atoms with Crippen molar-refractivity contribution in [2.75, 3.05) is 0 Å². The van der Waals surface area contributed by atoms with Crippen LogP contribution in [0.25, 0.3) is 125 Å². The van der Waals surface area contributed by atoms with E-state index in [-0.39, 0.29) is 146 Å². The molecule has 810 valence electrons. The second-order valence-corrected chi connectivity index (χ2v) is 41.8. The molecule has 6 aromatic heterocycles. The molecule has 0 saturated heterocycles. The number of hydrogen-bond donors (Lipinski definition) is 0. The van der Waals surface area contributed by atoms with Gasteiger partial charge in [-0.15, -0.1) is 68.0 Å². The molecule has 0 spiro atoms. The zero-order valence-electron chi connectivity index (χ0n) is 80.7. The first-order chi connectivity index (χ1) is 65.4. The topological polar surface area (TPSA) is 206 Å². The van der Waals surface area contributed by atoms with E-state index in [2.05, 4.69) is 145 Å². The van der Waals surface area contributed by atoms with Gasteiger partial charge in [0.25, 0.3) is 0 Å². The summed E-state index contributed by atoms with van der Waals surface area (Å²) in [4.78, 5) is 77.1. The summed E-state index contributed by atoms with van der Waals surface area (Å²) in [7, 11) is 0. The molecule has 15 nitrogen and oxygen atoms in total. The number of carbonyl (C=O) groups excluding carboxylic acids is 4. The Morgan fingerprint density at radius 3 is 0.727 bits per heavy atom. The van der Waals surface area contributed by atoms with Gasteiger partial charge in [-0.3, -0.25) is 19.2 Å². The summed E-state index contributed by atoms with van der Waals surface area (Å²) in [5, 5.41) is 13.9. The maximum atomic E-state index is 12.4. The lowest BCUT2D eigenvalue weighted by Gasteiger charge is -2.20. The van der Waals surface area contributed by atoms with Crippen LogP contribution >= 0.6 is 68.0 Å². The molecule has 0 amide bonds. The number of nitriles is 1. The van der Waals surface area contributed by atoms with Gasteiger partial charge in [-0.1, -0.05) is 338 Å². The molecule has 0 aliphatic heterocycles. The highest BCUT2D eigenvalue weighted by atomic mass is 32.1. The van der Waals surface area contributed by atoms with Gasteiger partial charge in [0.2, 0.25) is 0 Å². The fraction of sp³-hybridized carbons (Fsp3) is 0.357. The summed E-state index contributed by atoms with van der Waals surface area (Å²) in [5.74, 6) is 3.05. The first kappa shape index (κ1) is 141. The second kappa shape index (κ2) is 66.8. The average Bonchev–Trinajstić information content (AvgIpc) is 1.63. The van der Waals surface area contributed by atoms with Crippen molar-refractivity contribution in [1.82, 2.24) is 29.9 Å². The highest BCUT2D eigenvalue weighted by molar-refractivity contribution is 7.23. The number of thiazole rings is 6. The summed E-state index contributed by atoms with van der Waals surface area (Å²) in [5.41, 5.74) is 13.5. The first-order valence-electron chi connectivity index (χ1n) is 46.4. The van der Waals surface area contributed by atoms with E-state index in [0.717, 1.165) is 125 Å². The third-order valence-corrected chi connectivity index (χ3v) is 30.7. The van der Waals surface area contributed by atoms with Crippen LogP contribution in [-0.4, -0.2) is 53.8 Å². The Bertz CT molecular complexity index is 6590. The van der Waals surface area contributed by atoms with E-state index in [1.54, 1.807) is 68.0 Å². The molecule has 12 aromatic carbocycles. The SMILES string of the molecule is C.C.C.C.C.C.C.C.C.C.C.C.C.C.CC(C)C(C)C(=O)Oc1ccccc1-c1nc2ccccc2s1.CCC(C)(C)C(=O)Oc1ccc(-c2nc3ccccc3s2)cc1.CCC(C)(C)C(=O)Oc1ccccc1-c1nc2ccccc2s1.CCC(C)(C)C(=O)Oc1ccccc1-c1nc2ccccc2s1.CCC(C)C#N.CCC(C)c1ccc(-c2nc3ccccc3s2)cc1.CCC(C)c1ccc(-c2nc3ccccc3s2)cc1. The number of rotatable bonds is 23. The van der Waals surface area contributed by atoms with Gasteiger partial charge in [-0.25, -0.2) is 29.9 Å². The van der Waals surface area contributed by atoms with Gasteiger partial charge in [0.05, 0.1) is 106 Å². The van der Waals surface area contributed by atoms with Crippen molar-refractivity contribution in [3.63, 3.8) is 0 Å². The minimum atomic E-state index is -0.499. The molecule has 4 unspecified atom stereocenters. The fourth-order valence-corrected chi connectivity index (χ4v) is 18.8. The number of aromatic nitrogens is 6. The molecule has 0 fully saturated rings. The molecule has 0 aliphatic rings. The van der Waals surface area contributed by atoms with Crippen molar-refractivity contribution in [1.29, 1.82) is 5.26 Å². The number of para-hydroxylation sites is 9. The molecule has 0 saturated carbocycles. The van der Waals surface area contributed by atoms with Crippen molar-refractivity contribution in [2.45, 2.75) is 279 Å². The lowest BCUT2D eigenvalue weighted by atomic mass is 9.90. The molecule has 18 aromatic rings. The monoisotopic (exact) mass is 2140 g/mol. The number of ether oxygens (including phenoxy) is 4. The van der Waals surface area contributed by atoms with E-state index >= 15 is 0 Å². The van der Waals surface area contributed by atoms with Crippen molar-refractivity contribution in [2.24, 2.45) is 34.0 Å². The highest BCUT2D eigenvalue weighted by Gasteiger charge is 2.32. The fourth-order valence-electron chi connectivity index (χ4n) is 12.9. The third-order valence-electron chi connectivity index (χ3n) is 24.2. The number of fused-ring (bicyclic) bond motifs is 6. The van der Waals surface area contributed by atoms with Gasteiger partial charge in [0.15, 0.2) is 0 Å². The van der Waals surface area contributed by atoms with Crippen LogP contribution < -0.4 is 18.9 Å². The van der Waals surface area contributed by atoms with Gasteiger partial charge in [0.1, 0.15) is 53.0 Å². The molecule has 18 rings (SSSR count). The summed E-state index contributed by atoms with van der Waals surface area (Å²) >= 11 is 9.99. The highest BCUT2D eigenvalue weighted by Crippen LogP contribution is 2.43. The Kier molecular flexibility index (Phi) is 63.0. The number of hydrogen-bond acceptors (Lipinski definition) is 21. The Balaban J connectivity index is -0.00000168. The Morgan fingerprint density at radius 1 is 0.280 bits per heavy atom. The molecule has 0 N–H and O–H groups in total. The van der Waals surface area contributed by atoms with Gasteiger partial charge in [-0.05, 0) is 249 Å². The van der Waals surface area contributed by atoms with E-state index in [9.17, 15) is 19.2 Å². The predicted octanol–water partition coefficient (Wildman–Crippen LogP) is 42.5. The summed E-state index contributed by atoms with van der Waals surface area (Å²) < 4.78 is 29.5. The van der Waals surface area contributed by atoms with Crippen molar-refractivity contribution in [3.05, 3.63) is 302 Å². The Labute approximate surface area is 927 Å². The van der Waals surface area contributed by atoms with E-state index in [1.807, 2.05) is 297 Å². The maximum Gasteiger partial charge on any atom is 0.316 e. The number of carbonyl (C=O) groups is 4. The largest absolute Gasteiger partial charge is 0.426 e. The van der Waals surface area contributed by atoms with Gasteiger partial charge in [-0.2, -0.15) is 5.26 Å². The third kappa shape index (κ3) is 37.5. The standard InChI is InChI=1S/4C19H19NO2S.2C17H17NS.C5H9N.14CH4/c1-12(2)13(3)19(21)22-16-10-6-4-8-14(16)18-20-15-9-5-7-11-17(15)23-18;2*1-4-19(2,3)18(21)22-15-11-7-5-9-13(15)17-20-14-10-6-8-12-16(14)23-17;1-4-19(2,3)18(21)22-14-11-9-13(10-12-14)17-20-15-7-5-6-8-16(15)23-17;2*1-3-12(2)13-8-10-14(11-9-13)17-18-15-6-4-5-7-16(15)19-17;1-3-5(2)4-6;;;;;;;;;;;;;;/h4-13H,1-3H3;3*5-12H,4H2,1-3H3;2*4-12H,3H2,1-2H3;5H,3H2,1-2H3;14*1H4. The molecular formula is C129H175N7O8S6. The van der Waals surface area contributed by atoms with E-state index in [0.29, 0.717) is 34.8 Å². The van der Waals surface area contributed by atoms with E-state index in [1.165, 1.54) is 49.2 Å². The Morgan fingerprint density at radius 2 is 0.500 bits per heavy atom.